The SMILES string of the molecule is COc1ccc(F)c(CN2CCCN(Cc3nc4ccccc4n3Cc3ccc(-c4ccccc4)cc3)CC2)c1. The van der Waals surface area contributed by atoms with E-state index in [-0.39, 0.29) is 5.82 Å². The molecule has 2 heterocycles. The summed E-state index contributed by atoms with van der Waals surface area (Å²) < 4.78 is 22.1. The van der Waals surface area contributed by atoms with Gasteiger partial charge < -0.3 is 9.30 Å². The Morgan fingerprint density at radius 1 is 0.725 bits per heavy atom. The van der Waals surface area contributed by atoms with Crippen LogP contribution in [0.1, 0.15) is 23.4 Å². The van der Waals surface area contributed by atoms with Crippen LogP contribution in [0.3, 0.4) is 0 Å². The van der Waals surface area contributed by atoms with Crippen LogP contribution < -0.4 is 4.74 Å². The molecule has 0 atom stereocenters. The standard InChI is InChI=1S/C34H35FN4O/c1-40-30-16-17-31(35)29(22-30)24-37-18-7-19-38(21-20-37)25-34-36-32-10-5-6-11-33(32)39(34)23-26-12-14-28(15-13-26)27-8-3-2-4-9-27/h2-6,8-17,22H,7,18-21,23-25H2,1H3. The van der Waals surface area contributed by atoms with Crippen LogP contribution in [0.15, 0.2) is 97.1 Å². The Labute approximate surface area is 235 Å². The van der Waals surface area contributed by atoms with E-state index in [1.165, 1.54) is 22.8 Å². The number of hydrogen-bond donors (Lipinski definition) is 0. The highest BCUT2D eigenvalue weighted by atomic mass is 19.1. The maximum absolute atomic E-state index is 14.5. The third-order valence-corrected chi connectivity index (χ3v) is 7.83. The summed E-state index contributed by atoms with van der Waals surface area (Å²) in [5, 5.41) is 0. The van der Waals surface area contributed by atoms with Crippen LogP contribution in [0.4, 0.5) is 4.39 Å². The van der Waals surface area contributed by atoms with Gasteiger partial charge in [0.25, 0.3) is 0 Å². The molecule has 0 unspecified atom stereocenters. The van der Waals surface area contributed by atoms with E-state index in [2.05, 4.69) is 87.2 Å². The summed E-state index contributed by atoms with van der Waals surface area (Å²) in [6.45, 7) is 5.90. The lowest BCUT2D eigenvalue weighted by Gasteiger charge is -2.22. The molecule has 0 amide bonds. The van der Waals surface area contributed by atoms with Gasteiger partial charge in [0.15, 0.2) is 0 Å². The molecule has 0 radical (unpaired) electrons. The predicted octanol–water partition coefficient (Wildman–Crippen LogP) is 6.61. The number of imidazole rings is 1. The molecule has 0 N–H and O–H groups in total. The summed E-state index contributed by atoms with van der Waals surface area (Å²) in [5.74, 6) is 1.61. The van der Waals surface area contributed by atoms with Crippen LogP contribution in [0.5, 0.6) is 5.75 Å². The fraction of sp³-hybridized carbons (Fsp3) is 0.265. The van der Waals surface area contributed by atoms with Crippen molar-refractivity contribution < 1.29 is 9.13 Å². The monoisotopic (exact) mass is 534 g/mol. The average Bonchev–Trinajstić information content (AvgIpc) is 3.17. The Hall–Kier alpha value is -4.00. The molecule has 1 aliphatic heterocycles. The third kappa shape index (κ3) is 5.93. The third-order valence-electron chi connectivity index (χ3n) is 7.83. The topological polar surface area (TPSA) is 33.5 Å². The molecule has 40 heavy (non-hydrogen) atoms. The Morgan fingerprint density at radius 3 is 2.20 bits per heavy atom. The highest BCUT2D eigenvalue weighted by Crippen LogP contribution is 2.24. The van der Waals surface area contributed by atoms with Gasteiger partial charge in [0.2, 0.25) is 0 Å². The molecule has 1 aliphatic rings. The van der Waals surface area contributed by atoms with Crippen molar-refractivity contribution in [3.63, 3.8) is 0 Å². The zero-order chi connectivity index (χ0) is 27.3. The highest BCUT2D eigenvalue weighted by molar-refractivity contribution is 5.76. The second-order valence-corrected chi connectivity index (χ2v) is 10.5. The zero-order valence-electron chi connectivity index (χ0n) is 23.0. The normalized spacial score (nSPS) is 14.8. The van der Waals surface area contributed by atoms with Crippen molar-refractivity contribution in [3.05, 3.63) is 120 Å². The van der Waals surface area contributed by atoms with Crippen LogP contribution in [-0.4, -0.2) is 52.6 Å². The summed E-state index contributed by atoms with van der Waals surface area (Å²) in [6.07, 6.45) is 1.03. The van der Waals surface area contributed by atoms with Crippen LogP contribution in [-0.2, 0) is 19.6 Å². The van der Waals surface area contributed by atoms with Crippen LogP contribution in [0, 0.1) is 5.82 Å². The van der Waals surface area contributed by atoms with Crippen LogP contribution in [0.25, 0.3) is 22.2 Å². The van der Waals surface area contributed by atoms with E-state index >= 15 is 0 Å². The molecule has 5 nitrogen and oxygen atoms in total. The second kappa shape index (κ2) is 12.0. The average molecular weight is 535 g/mol. The summed E-state index contributed by atoms with van der Waals surface area (Å²) in [5.41, 5.74) is 6.59. The second-order valence-electron chi connectivity index (χ2n) is 10.5. The van der Waals surface area contributed by atoms with Gasteiger partial charge in [0, 0.05) is 31.7 Å². The molecule has 0 spiro atoms. The maximum atomic E-state index is 14.5. The lowest BCUT2D eigenvalue weighted by Crippen LogP contribution is -2.31. The molecule has 5 aromatic rings. The molecule has 204 valence electrons. The first-order valence-electron chi connectivity index (χ1n) is 14.0. The Morgan fingerprint density at radius 2 is 1.43 bits per heavy atom. The van der Waals surface area contributed by atoms with Crippen molar-refractivity contribution in [3.8, 4) is 16.9 Å². The van der Waals surface area contributed by atoms with Gasteiger partial charge in [0.1, 0.15) is 17.4 Å². The number of rotatable bonds is 8. The minimum atomic E-state index is -0.174. The van der Waals surface area contributed by atoms with E-state index in [0.717, 1.165) is 62.5 Å². The highest BCUT2D eigenvalue weighted by Gasteiger charge is 2.20. The number of ether oxygens (including phenoxy) is 1. The number of halogens is 1. The summed E-state index contributed by atoms with van der Waals surface area (Å²) in [4.78, 5) is 9.89. The first-order chi connectivity index (χ1) is 19.7. The zero-order valence-corrected chi connectivity index (χ0v) is 23.0. The molecule has 6 rings (SSSR count). The minimum Gasteiger partial charge on any atom is -0.497 e. The molecule has 0 aliphatic carbocycles. The van der Waals surface area contributed by atoms with Crippen LogP contribution in [0.2, 0.25) is 0 Å². The summed E-state index contributed by atoms with van der Waals surface area (Å²) >= 11 is 0. The van der Waals surface area contributed by atoms with Gasteiger partial charge in [-0.3, -0.25) is 9.80 Å². The van der Waals surface area contributed by atoms with Gasteiger partial charge in [-0.25, -0.2) is 9.37 Å². The number of para-hydroxylation sites is 2. The number of nitrogens with zero attached hydrogens (tertiary/aromatic N) is 4. The van der Waals surface area contributed by atoms with E-state index in [4.69, 9.17) is 9.72 Å². The van der Waals surface area contributed by atoms with Crippen LogP contribution >= 0.6 is 0 Å². The van der Waals surface area contributed by atoms with E-state index in [0.29, 0.717) is 17.9 Å². The summed E-state index contributed by atoms with van der Waals surface area (Å²) in [6, 6.07) is 32.7. The van der Waals surface area contributed by atoms with Crippen molar-refractivity contribution in [1.82, 2.24) is 19.4 Å². The number of hydrogen-bond acceptors (Lipinski definition) is 4. The molecule has 0 bridgehead atoms. The van der Waals surface area contributed by atoms with E-state index in [1.54, 1.807) is 13.2 Å². The van der Waals surface area contributed by atoms with Gasteiger partial charge in [-0.2, -0.15) is 0 Å². The molecule has 6 heteroatoms. The number of aromatic nitrogens is 2. The number of benzene rings is 4. The lowest BCUT2D eigenvalue weighted by molar-refractivity contribution is 0.240. The minimum absolute atomic E-state index is 0.174. The van der Waals surface area contributed by atoms with Gasteiger partial charge in [-0.05, 0) is 66.5 Å². The molecular formula is C34H35FN4O. The van der Waals surface area contributed by atoms with E-state index in [9.17, 15) is 4.39 Å². The van der Waals surface area contributed by atoms with Crippen molar-refractivity contribution in [2.75, 3.05) is 33.3 Å². The van der Waals surface area contributed by atoms with Crippen molar-refractivity contribution in [1.29, 1.82) is 0 Å². The smallest absolute Gasteiger partial charge is 0.127 e. The van der Waals surface area contributed by atoms with Crippen molar-refractivity contribution >= 4 is 11.0 Å². The first kappa shape index (κ1) is 26.2. The van der Waals surface area contributed by atoms with E-state index < -0.39 is 0 Å². The maximum Gasteiger partial charge on any atom is 0.127 e. The molecule has 0 saturated carbocycles. The fourth-order valence-electron chi connectivity index (χ4n) is 5.62. The van der Waals surface area contributed by atoms with Crippen molar-refractivity contribution in [2.45, 2.75) is 26.1 Å². The molecular weight excluding hydrogens is 499 g/mol. The van der Waals surface area contributed by atoms with Crippen molar-refractivity contribution in [2.24, 2.45) is 0 Å². The predicted molar refractivity (Wildman–Crippen MR) is 159 cm³/mol. The lowest BCUT2D eigenvalue weighted by atomic mass is 10.0. The number of fused-ring (bicyclic) bond motifs is 1. The molecule has 1 aromatic heterocycles. The Balaban J connectivity index is 1.17. The first-order valence-corrected chi connectivity index (χ1v) is 14.0. The Bertz CT molecular complexity index is 1560. The number of methoxy groups -OCH3 is 1. The fourth-order valence-corrected chi connectivity index (χ4v) is 5.62. The quantitative estimate of drug-likeness (QED) is 0.224. The Kier molecular flexibility index (Phi) is 7.89. The van der Waals surface area contributed by atoms with E-state index in [1.807, 2.05) is 12.1 Å². The molecule has 1 saturated heterocycles. The van der Waals surface area contributed by atoms with Gasteiger partial charge in [0.05, 0.1) is 24.7 Å². The van der Waals surface area contributed by atoms with Gasteiger partial charge in [-0.15, -0.1) is 0 Å². The summed E-state index contributed by atoms with van der Waals surface area (Å²) in [7, 11) is 1.62. The largest absolute Gasteiger partial charge is 0.497 e. The van der Waals surface area contributed by atoms with Gasteiger partial charge >= 0.3 is 0 Å². The van der Waals surface area contributed by atoms with Gasteiger partial charge in [-0.1, -0.05) is 66.7 Å². The molecule has 4 aromatic carbocycles. The molecule has 1 fully saturated rings.